The SMILES string of the molecule is CC=C[C@@]1(OC(=O)CCCCCCCCCCCCCCC)O[C@H](CO)[C@@H](O)[C@H](O)[C@H]1NC(=O)CCCCCCCCCCCCCCC. The minimum Gasteiger partial charge on any atom is -0.427 e. The van der Waals surface area contributed by atoms with Gasteiger partial charge in [0.25, 0.3) is 5.79 Å². The van der Waals surface area contributed by atoms with Crippen molar-refractivity contribution < 1.29 is 34.4 Å². The molecule has 0 radical (unpaired) electrons. The quantitative estimate of drug-likeness (QED) is 0.0314. The summed E-state index contributed by atoms with van der Waals surface area (Å²) in [6.07, 6.45) is 30.8. The number of carbonyl (C=O) groups excluding carboxylic acids is 2. The number of hydrogen-bond acceptors (Lipinski definition) is 7. The van der Waals surface area contributed by atoms with Crippen molar-refractivity contribution in [3.63, 3.8) is 0 Å². The highest BCUT2D eigenvalue weighted by molar-refractivity contribution is 5.76. The van der Waals surface area contributed by atoms with Crippen LogP contribution in [0.15, 0.2) is 12.2 Å². The van der Waals surface area contributed by atoms with E-state index in [1.807, 2.05) is 0 Å². The fourth-order valence-electron chi connectivity index (χ4n) is 6.93. The third-order valence-corrected chi connectivity index (χ3v) is 10.0. The predicted octanol–water partition coefficient (Wildman–Crippen LogP) is 9.36. The number of esters is 1. The largest absolute Gasteiger partial charge is 0.427 e. The van der Waals surface area contributed by atoms with Gasteiger partial charge in [0, 0.05) is 12.8 Å². The summed E-state index contributed by atoms with van der Waals surface area (Å²) in [5, 5.41) is 34.4. The molecular formula is C41H77NO7. The molecule has 5 atom stereocenters. The first-order chi connectivity index (χ1) is 23.8. The summed E-state index contributed by atoms with van der Waals surface area (Å²) in [6.45, 7) is 5.65. The van der Waals surface area contributed by atoms with E-state index in [9.17, 15) is 24.9 Å². The number of rotatable bonds is 32. The summed E-state index contributed by atoms with van der Waals surface area (Å²) >= 11 is 0. The molecule has 0 aliphatic carbocycles. The first-order valence-electron chi connectivity index (χ1n) is 20.6. The standard InChI is InChI=1S/C41H77NO7/c1-4-7-9-11-13-15-17-19-21-23-25-27-29-31-36(44)42-40-39(47)38(46)35(34-43)48-41(40,33-6-3)49-37(45)32-30-28-26-24-22-20-18-16-14-12-10-8-5-2/h6,33,35,38-40,43,46-47H,4-5,7-32,34H2,1-3H3,(H,42,44)/t35-,38-,39+,40-,41+/m1/s1. The van der Waals surface area contributed by atoms with Gasteiger partial charge in [-0.2, -0.15) is 0 Å². The van der Waals surface area contributed by atoms with Crippen LogP contribution in [0, 0.1) is 0 Å². The van der Waals surface area contributed by atoms with Crippen molar-refractivity contribution in [2.45, 2.75) is 231 Å². The number of ether oxygens (including phenoxy) is 2. The number of carbonyl (C=O) groups is 2. The monoisotopic (exact) mass is 696 g/mol. The summed E-state index contributed by atoms with van der Waals surface area (Å²) in [4.78, 5) is 26.1. The zero-order valence-electron chi connectivity index (χ0n) is 31.9. The number of aliphatic hydroxyl groups excluding tert-OH is 3. The lowest BCUT2D eigenvalue weighted by atomic mass is 9.89. The van der Waals surface area contributed by atoms with E-state index < -0.39 is 42.7 Å². The van der Waals surface area contributed by atoms with Gasteiger partial charge in [-0.25, -0.2) is 0 Å². The molecule has 1 rings (SSSR count). The second-order valence-electron chi connectivity index (χ2n) is 14.5. The van der Waals surface area contributed by atoms with Crippen LogP contribution >= 0.6 is 0 Å². The summed E-state index contributed by atoms with van der Waals surface area (Å²) in [6, 6.07) is -1.22. The lowest BCUT2D eigenvalue weighted by Gasteiger charge is -2.48. The fourth-order valence-corrected chi connectivity index (χ4v) is 6.93. The first kappa shape index (κ1) is 45.5. The van der Waals surface area contributed by atoms with E-state index >= 15 is 0 Å². The molecule has 8 nitrogen and oxygen atoms in total. The van der Waals surface area contributed by atoms with Gasteiger partial charge in [-0.15, -0.1) is 0 Å². The van der Waals surface area contributed by atoms with Crippen LogP contribution in [0.3, 0.4) is 0 Å². The molecule has 1 amide bonds. The number of hydrogen-bond donors (Lipinski definition) is 4. The predicted molar refractivity (Wildman–Crippen MR) is 200 cm³/mol. The molecule has 0 spiro atoms. The van der Waals surface area contributed by atoms with E-state index in [0.29, 0.717) is 12.8 Å². The van der Waals surface area contributed by atoms with Gasteiger partial charge in [0.1, 0.15) is 24.4 Å². The van der Waals surface area contributed by atoms with Crippen LogP contribution in [0.1, 0.15) is 201 Å². The molecule has 1 aliphatic rings. The van der Waals surface area contributed by atoms with Crippen molar-refractivity contribution in [1.82, 2.24) is 5.32 Å². The molecule has 0 aromatic rings. The Morgan fingerprint density at radius 3 is 1.41 bits per heavy atom. The van der Waals surface area contributed by atoms with Gasteiger partial charge < -0.3 is 30.1 Å². The fraction of sp³-hybridized carbons (Fsp3) is 0.902. The Hall–Kier alpha value is -1.48. The maximum Gasteiger partial charge on any atom is 0.308 e. The Kier molecular flexibility index (Phi) is 28.0. The van der Waals surface area contributed by atoms with Crippen molar-refractivity contribution >= 4 is 11.9 Å². The van der Waals surface area contributed by atoms with E-state index in [4.69, 9.17) is 9.47 Å². The van der Waals surface area contributed by atoms with Crippen molar-refractivity contribution in [3.8, 4) is 0 Å². The highest BCUT2D eigenvalue weighted by atomic mass is 16.7. The van der Waals surface area contributed by atoms with Crippen LogP contribution in [-0.4, -0.2) is 63.9 Å². The molecule has 0 bridgehead atoms. The Labute approximate surface area is 300 Å². The highest BCUT2D eigenvalue weighted by Crippen LogP contribution is 2.34. The summed E-state index contributed by atoms with van der Waals surface area (Å²) < 4.78 is 11.8. The number of aliphatic hydroxyl groups is 3. The molecule has 1 heterocycles. The lowest BCUT2D eigenvalue weighted by Crippen LogP contribution is -2.70. The highest BCUT2D eigenvalue weighted by Gasteiger charge is 2.55. The Morgan fingerprint density at radius 1 is 0.633 bits per heavy atom. The second kappa shape index (κ2) is 30.2. The van der Waals surface area contributed by atoms with Crippen molar-refractivity contribution in [1.29, 1.82) is 0 Å². The summed E-state index contributed by atoms with van der Waals surface area (Å²) in [5.41, 5.74) is 0. The van der Waals surface area contributed by atoms with Crippen LogP contribution in [0.25, 0.3) is 0 Å². The van der Waals surface area contributed by atoms with Crippen LogP contribution in [-0.2, 0) is 19.1 Å². The van der Waals surface area contributed by atoms with E-state index in [0.717, 1.165) is 32.1 Å². The number of unbranched alkanes of at least 4 members (excludes halogenated alkanes) is 24. The van der Waals surface area contributed by atoms with Crippen LogP contribution in [0.4, 0.5) is 0 Å². The van der Waals surface area contributed by atoms with Gasteiger partial charge in [0.15, 0.2) is 0 Å². The molecule has 1 saturated heterocycles. The average molecular weight is 696 g/mol. The maximum absolute atomic E-state index is 13.1. The number of amides is 1. The molecule has 4 N–H and O–H groups in total. The van der Waals surface area contributed by atoms with Gasteiger partial charge in [0.05, 0.1) is 6.61 Å². The van der Waals surface area contributed by atoms with Gasteiger partial charge in [0.2, 0.25) is 5.91 Å². The van der Waals surface area contributed by atoms with Crippen LogP contribution in [0.5, 0.6) is 0 Å². The van der Waals surface area contributed by atoms with Gasteiger partial charge in [-0.3, -0.25) is 9.59 Å². The Balaban J connectivity index is 2.46. The van der Waals surface area contributed by atoms with Gasteiger partial charge in [-0.05, 0) is 25.8 Å². The van der Waals surface area contributed by atoms with Crippen molar-refractivity contribution in [3.05, 3.63) is 12.2 Å². The Bertz CT molecular complexity index is 837. The van der Waals surface area contributed by atoms with Gasteiger partial charge in [-0.1, -0.05) is 174 Å². The average Bonchev–Trinajstić information content (AvgIpc) is 3.09. The van der Waals surface area contributed by atoms with Gasteiger partial charge >= 0.3 is 5.97 Å². The minimum absolute atomic E-state index is 0.183. The van der Waals surface area contributed by atoms with E-state index in [-0.39, 0.29) is 18.7 Å². The number of allylic oxidation sites excluding steroid dienone is 1. The molecule has 1 fully saturated rings. The lowest BCUT2D eigenvalue weighted by molar-refractivity contribution is -0.301. The number of nitrogens with one attached hydrogen (secondary N) is 1. The third-order valence-electron chi connectivity index (χ3n) is 10.0. The topological polar surface area (TPSA) is 125 Å². The maximum atomic E-state index is 13.1. The molecule has 1 aliphatic heterocycles. The second-order valence-corrected chi connectivity index (χ2v) is 14.5. The minimum atomic E-state index is -1.83. The van der Waals surface area contributed by atoms with Crippen LogP contribution in [0.2, 0.25) is 0 Å². The molecule has 0 aromatic carbocycles. The van der Waals surface area contributed by atoms with Crippen molar-refractivity contribution in [2.24, 2.45) is 0 Å². The molecule has 0 saturated carbocycles. The normalized spacial score (nSPS) is 22.5. The van der Waals surface area contributed by atoms with Crippen LogP contribution < -0.4 is 5.32 Å². The zero-order chi connectivity index (χ0) is 36.0. The molecular weight excluding hydrogens is 618 g/mol. The van der Waals surface area contributed by atoms with E-state index in [1.165, 1.54) is 128 Å². The van der Waals surface area contributed by atoms with E-state index in [1.54, 1.807) is 13.0 Å². The molecule has 8 heteroatoms. The molecule has 0 unspecified atom stereocenters. The Morgan fingerprint density at radius 2 is 1.02 bits per heavy atom. The molecule has 288 valence electrons. The van der Waals surface area contributed by atoms with E-state index in [2.05, 4.69) is 19.2 Å². The summed E-state index contributed by atoms with van der Waals surface area (Å²) in [7, 11) is 0. The molecule has 0 aromatic heterocycles. The first-order valence-corrected chi connectivity index (χ1v) is 20.6. The third kappa shape index (κ3) is 20.8. The molecule has 49 heavy (non-hydrogen) atoms. The van der Waals surface area contributed by atoms with Crippen molar-refractivity contribution in [2.75, 3.05) is 6.61 Å². The smallest absolute Gasteiger partial charge is 0.308 e. The summed E-state index contributed by atoms with van der Waals surface area (Å²) in [5.74, 6) is -2.64. The zero-order valence-corrected chi connectivity index (χ0v) is 31.9.